The molecule has 0 unspecified atom stereocenters. The number of fused-ring (bicyclic) bond motifs is 3. The molecule has 0 saturated carbocycles. The minimum absolute atomic E-state index is 0. The average Bonchev–Trinajstić information content (AvgIpc) is 3.00. The monoisotopic (exact) mass is 417 g/mol. The summed E-state index contributed by atoms with van der Waals surface area (Å²) in [6.07, 6.45) is -0.720. The molecule has 1 amide bonds. The minimum atomic E-state index is -4.60. The third kappa shape index (κ3) is 4.55. The molecule has 0 aliphatic heterocycles. The Hall–Kier alpha value is -2.16. The predicted molar refractivity (Wildman–Crippen MR) is 103 cm³/mol. The van der Waals surface area contributed by atoms with E-state index in [2.05, 4.69) is 5.32 Å². The minimum Gasteiger partial charge on any atom is -0.744 e. The standard InChI is InChI=1S/C21H17NO5S.Na/c23-21(22-14-6-5-7-15(12-14)28(24,25)26)27-13-20-18-10-3-1-8-16(18)17-9-2-4-11-19(17)20;/h1-12,20H,13H2,(H,22,23)(H,24,25,26);/q;+1/p-1. The Morgan fingerprint density at radius 2 is 1.52 bits per heavy atom. The fourth-order valence-electron chi connectivity index (χ4n) is 3.48. The number of carbonyl (C=O) groups excluding carboxylic acids is 1. The molecule has 29 heavy (non-hydrogen) atoms. The largest absolute Gasteiger partial charge is 1.00 e. The van der Waals surface area contributed by atoms with Gasteiger partial charge >= 0.3 is 35.7 Å². The normalized spacial score (nSPS) is 12.4. The van der Waals surface area contributed by atoms with E-state index >= 15 is 0 Å². The molecule has 8 heteroatoms. The smallest absolute Gasteiger partial charge is 0.744 e. The van der Waals surface area contributed by atoms with Crippen molar-refractivity contribution in [1.82, 2.24) is 0 Å². The summed E-state index contributed by atoms with van der Waals surface area (Å²) in [5.74, 6) is -0.0773. The third-order valence-corrected chi connectivity index (χ3v) is 5.54. The van der Waals surface area contributed by atoms with Crippen LogP contribution in [0.4, 0.5) is 10.5 Å². The van der Waals surface area contributed by atoms with Gasteiger partial charge in [0.05, 0.1) is 4.90 Å². The molecule has 0 spiro atoms. The zero-order chi connectivity index (χ0) is 19.7. The van der Waals surface area contributed by atoms with Gasteiger partial charge in [0.15, 0.2) is 0 Å². The van der Waals surface area contributed by atoms with Crippen molar-refractivity contribution < 1.29 is 52.1 Å². The van der Waals surface area contributed by atoms with Crippen LogP contribution in [-0.4, -0.2) is 25.7 Å². The maximum absolute atomic E-state index is 12.2. The molecule has 3 aromatic rings. The SMILES string of the molecule is O=C(Nc1cccc(S(=O)(=O)[O-])c1)OCC1c2ccccc2-c2ccccc21.[Na+]. The van der Waals surface area contributed by atoms with Crippen LogP contribution in [0.3, 0.4) is 0 Å². The Kier molecular flexibility index (Phi) is 6.45. The topological polar surface area (TPSA) is 95.5 Å². The Morgan fingerprint density at radius 1 is 0.931 bits per heavy atom. The molecular weight excluding hydrogens is 401 g/mol. The van der Waals surface area contributed by atoms with E-state index in [-0.39, 0.29) is 47.8 Å². The van der Waals surface area contributed by atoms with Gasteiger partial charge in [-0.05, 0) is 40.5 Å². The zero-order valence-electron chi connectivity index (χ0n) is 15.7. The van der Waals surface area contributed by atoms with E-state index in [9.17, 15) is 17.8 Å². The quantitative estimate of drug-likeness (QED) is 0.504. The van der Waals surface area contributed by atoms with Crippen LogP contribution in [0.5, 0.6) is 0 Å². The molecule has 0 heterocycles. The van der Waals surface area contributed by atoms with Gasteiger partial charge in [0.1, 0.15) is 16.7 Å². The van der Waals surface area contributed by atoms with Gasteiger partial charge in [-0.1, -0.05) is 54.6 Å². The third-order valence-electron chi connectivity index (χ3n) is 4.71. The van der Waals surface area contributed by atoms with E-state index < -0.39 is 21.1 Å². The van der Waals surface area contributed by atoms with Gasteiger partial charge < -0.3 is 9.29 Å². The van der Waals surface area contributed by atoms with E-state index in [0.717, 1.165) is 28.3 Å². The van der Waals surface area contributed by atoms with Crippen molar-refractivity contribution in [3.63, 3.8) is 0 Å². The second-order valence-electron chi connectivity index (χ2n) is 6.43. The Morgan fingerprint density at radius 3 is 2.10 bits per heavy atom. The first-order valence-corrected chi connectivity index (χ1v) is 10.0. The number of amides is 1. The van der Waals surface area contributed by atoms with Crippen LogP contribution in [0.1, 0.15) is 17.0 Å². The maximum Gasteiger partial charge on any atom is 1.00 e. The van der Waals surface area contributed by atoms with E-state index in [1.807, 2.05) is 48.5 Å². The molecule has 4 rings (SSSR count). The van der Waals surface area contributed by atoms with Crippen molar-refractivity contribution in [2.45, 2.75) is 10.8 Å². The van der Waals surface area contributed by atoms with Gasteiger partial charge in [-0.25, -0.2) is 13.2 Å². The van der Waals surface area contributed by atoms with Crippen LogP contribution in [-0.2, 0) is 14.9 Å². The van der Waals surface area contributed by atoms with E-state index in [1.165, 1.54) is 18.2 Å². The van der Waals surface area contributed by atoms with Crippen molar-refractivity contribution in [2.75, 3.05) is 11.9 Å². The molecule has 6 nitrogen and oxygen atoms in total. The van der Waals surface area contributed by atoms with Crippen LogP contribution >= 0.6 is 0 Å². The van der Waals surface area contributed by atoms with Crippen molar-refractivity contribution in [3.05, 3.63) is 83.9 Å². The average molecular weight is 417 g/mol. The summed E-state index contributed by atoms with van der Waals surface area (Å²) < 4.78 is 38.7. The summed E-state index contributed by atoms with van der Waals surface area (Å²) in [5.41, 5.74) is 4.61. The fourth-order valence-corrected chi connectivity index (χ4v) is 4.00. The van der Waals surface area contributed by atoms with Crippen molar-refractivity contribution >= 4 is 21.9 Å². The second kappa shape index (κ2) is 8.69. The molecule has 0 aromatic heterocycles. The number of benzene rings is 3. The summed E-state index contributed by atoms with van der Waals surface area (Å²) in [7, 11) is -4.60. The number of ether oxygens (including phenoxy) is 1. The van der Waals surface area contributed by atoms with Gasteiger partial charge in [0.2, 0.25) is 0 Å². The van der Waals surface area contributed by atoms with Crippen molar-refractivity contribution in [1.29, 1.82) is 0 Å². The molecule has 142 valence electrons. The number of anilines is 1. The molecule has 1 N–H and O–H groups in total. The maximum atomic E-state index is 12.2. The number of rotatable bonds is 4. The summed E-state index contributed by atoms with van der Waals surface area (Å²) in [6.45, 7) is 0.138. The number of nitrogens with one attached hydrogen (secondary N) is 1. The zero-order valence-corrected chi connectivity index (χ0v) is 18.5. The molecule has 1 aliphatic carbocycles. The van der Waals surface area contributed by atoms with Gasteiger partial charge in [-0.2, -0.15) is 0 Å². The molecule has 3 aromatic carbocycles. The molecular formula is C21H16NNaO5S. The number of hydrogen-bond acceptors (Lipinski definition) is 5. The summed E-state index contributed by atoms with van der Waals surface area (Å²) >= 11 is 0. The molecule has 0 fully saturated rings. The summed E-state index contributed by atoms with van der Waals surface area (Å²) in [6, 6.07) is 21.1. The molecule has 0 bridgehead atoms. The molecule has 0 atom stereocenters. The second-order valence-corrected chi connectivity index (χ2v) is 7.81. The molecule has 0 radical (unpaired) electrons. The first kappa shape index (κ1) is 21.5. The summed E-state index contributed by atoms with van der Waals surface area (Å²) in [4.78, 5) is 11.8. The van der Waals surface area contributed by atoms with Crippen LogP contribution in [0.2, 0.25) is 0 Å². The number of hydrogen-bond donors (Lipinski definition) is 1. The van der Waals surface area contributed by atoms with E-state index in [0.29, 0.717) is 0 Å². The Bertz CT molecular complexity index is 1120. The van der Waals surface area contributed by atoms with Gasteiger partial charge in [0, 0.05) is 11.6 Å². The van der Waals surface area contributed by atoms with Gasteiger partial charge in [-0.3, -0.25) is 5.32 Å². The van der Waals surface area contributed by atoms with E-state index in [1.54, 1.807) is 0 Å². The molecule has 1 aliphatic rings. The van der Waals surface area contributed by atoms with Gasteiger partial charge in [0.25, 0.3) is 0 Å². The van der Waals surface area contributed by atoms with Crippen LogP contribution < -0.4 is 34.9 Å². The van der Waals surface area contributed by atoms with E-state index in [4.69, 9.17) is 4.74 Å². The van der Waals surface area contributed by atoms with Crippen molar-refractivity contribution in [2.24, 2.45) is 0 Å². The van der Waals surface area contributed by atoms with Crippen LogP contribution in [0.15, 0.2) is 77.7 Å². The van der Waals surface area contributed by atoms with Crippen molar-refractivity contribution in [3.8, 4) is 11.1 Å². The Balaban J connectivity index is 0.00000240. The Labute approximate surface area is 191 Å². The van der Waals surface area contributed by atoms with Crippen LogP contribution in [0.25, 0.3) is 11.1 Å². The first-order valence-electron chi connectivity index (χ1n) is 8.61. The number of carbonyl (C=O) groups is 1. The first-order chi connectivity index (χ1) is 13.4. The molecule has 0 saturated heterocycles. The van der Waals surface area contributed by atoms with Crippen LogP contribution in [0, 0.1) is 0 Å². The predicted octanol–water partition coefficient (Wildman–Crippen LogP) is 0.956. The fraction of sp³-hybridized carbons (Fsp3) is 0.0952. The summed E-state index contributed by atoms with van der Waals surface area (Å²) in [5, 5.41) is 2.46. The van der Waals surface area contributed by atoms with Gasteiger partial charge in [-0.15, -0.1) is 0 Å².